The zero-order valence-corrected chi connectivity index (χ0v) is 20.0. The maximum Gasteiger partial charge on any atom is 0.573 e. The number of rotatable bonds is 7. The number of amides is 1. The van der Waals surface area contributed by atoms with Gasteiger partial charge in [-0.15, -0.1) is 13.2 Å². The van der Waals surface area contributed by atoms with E-state index in [0.717, 1.165) is 22.3 Å². The summed E-state index contributed by atoms with van der Waals surface area (Å²) in [5.74, 6) is -1.24. The van der Waals surface area contributed by atoms with E-state index in [1.54, 1.807) is 30.3 Å². The fourth-order valence-electron chi connectivity index (χ4n) is 3.61. The Kier molecular flexibility index (Phi) is 7.25. The van der Waals surface area contributed by atoms with Gasteiger partial charge < -0.3 is 15.2 Å². The first-order chi connectivity index (χ1) is 17.5. The number of benzene rings is 2. The van der Waals surface area contributed by atoms with Crippen LogP contribution in [-0.4, -0.2) is 31.5 Å². The Morgan fingerprint density at radius 2 is 1.76 bits per heavy atom. The van der Waals surface area contributed by atoms with Crippen molar-refractivity contribution in [1.29, 1.82) is 0 Å². The minimum absolute atomic E-state index is 0.0144. The molecular formula is C25H20ClF3N4O4. The van der Waals surface area contributed by atoms with Crippen molar-refractivity contribution in [3.8, 4) is 17.3 Å². The van der Waals surface area contributed by atoms with Gasteiger partial charge in [0.25, 0.3) is 5.91 Å². The van der Waals surface area contributed by atoms with Crippen molar-refractivity contribution in [1.82, 2.24) is 19.4 Å². The number of hydrogen-bond donors (Lipinski definition) is 2. The van der Waals surface area contributed by atoms with Crippen LogP contribution >= 0.6 is 11.6 Å². The van der Waals surface area contributed by atoms with Gasteiger partial charge in [-0.3, -0.25) is 14.3 Å². The van der Waals surface area contributed by atoms with Crippen molar-refractivity contribution in [3.63, 3.8) is 0 Å². The molecule has 2 aromatic heterocycles. The number of carbonyl (C=O) groups is 1. The average molecular weight is 533 g/mol. The second-order valence-electron chi connectivity index (χ2n) is 8.01. The molecule has 12 heteroatoms. The van der Waals surface area contributed by atoms with E-state index in [-0.39, 0.29) is 36.0 Å². The molecule has 0 saturated heterocycles. The highest BCUT2D eigenvalue weighted by atomic mass is 35.5. The van der Waals surface area contributed by atoms with Crippen molar-refractivity contribution < 1.29 is 27.8 Å². The summed E-state index contributed by atoms with van der Waals surface area (Å²) in [6.07, 6.45) is -3.42. The fourth-order valence-corrected chi connectivity index (χ4v) is 3.73. The summed E-state index contributed by atoms with van der Waals surface area (Å²) in [5, 5.41) is 13.9. The summed E-state index contributed by atoms with van der Waals surface area (Å²) >= 11 is 5.87. The first-order valence-corrected chi connectivity index (χ1v) is 11.2. The standard InChI is InChI=1S/C25H20ClF3N4O4/c1-15-23(35)33(19-6-8-20(9-7-19)37-25(27,28)29)24(36)32(15)14-17-10-11-30-21(12-17)22(34)31-13-16-2-4-18(26)5-3-16/h2-12,35H,13-14H2,1H3,(H,31,34). The lowest BCUT2D eigenvalue weighted by atomic mass is 10.2. The molecule has 0 bridgehead atoms. The van der Waals surface area contributed by atoms with Gasteiger partial charge in [-0.2, -0.15) is 0 Å². The summed E-state index contributed by atoms with van der Waals surface area (Å²) in [5.41, 5.74) is 1.32. The summed E-state index contributed by atoms with van der Waals surface area (Å²) in [6, 6.07) is 14.7. The molecule has 0 aliphatic heterocycles. The summed E-state index contributed by atoms with van der Waals surface area (Å²) in [4.78, 5) is 29.8. The van der Waals surface area contributed by atoms with Crippen molar-refractivity contribution in [2.45, 2.75) is 26.4 Å². The van der Waals surface area contributed by atoms with Crippen molar-refractivity contribution in [2.24, 2.45) is 0 Å². The molecular weight excluding hydrogens is 513 g/mol. The predicted molar refractivity (Wildman–Crippen MR) is 129 cm³/mol. The normalized spacial score (nSPS) is 11.4. The monoisotopic (exact) mass is 532 g/mol. The number of nitrogens with one attached hydrogen (secondary N) is 1. The molecule has 0 aliphatic carbocycles. The zero-order chi connectivity index (χ0) is 26.7. The van der Waals surface area contributed by atoms with Gasteiger partial charge in [-0.1, -0.05) is 23.7 Å². The number of ether oxygens (including phenoxy) is 1. The molecule has 2 heterocycles. The third-order valence-electron chi connectivity index (χ3n) is 5.45. The van der Waals surface area contributed by atoms with Gasteiger partial charge >= 0.3 is 12.1 Å². The van der Waals surface area contributed by atoms with Gasteiger partial charge in [0, 0.05) is 17.8 Å². The van der Waals surface area contributed by atoms with Crippen LogP contribution in [-0.2, 0) is 13.1 Å². The van der Waals surface area contributed by atoms with Crippen LogP contribution in [0.15, 0.2) is 71.7 Å². The highest BCUT2D eigenvalue weighted by Crippen LogP contribution is 2.26. The Bertz CT molecular complexity index is 1480. The highest BCUT2D eigenvalue weighted by Gasteiger charge is 2.31. The Morgan fingerprint density at radius 3 is 2.41 bits per heavy atom. The van der Waals surface area contributed by atoms with E-state index in [2.05, 4.69) is 15.0 Å². The lowest BCUT2D eigenvalue weighted by Crippen LogP contribution is -2.25. The van der Waals surface area contributed by atoms with Gasteiger partial charge in [-0.05, 0) is 66.6 Å². The molecule has 8 nitrogen and oxygen atoms in total. The molecule has 4 rings (SSSR count). The van der Waals surface area contributed by atoms with Crippen molar-refractivity contribution in [2.75, 3.05) is 0 Å². The number of nitrogens with zero attached hydrogens (tertiary/aromatic N) is 3. The lowest BCUT2D eigenvalue weighted by molar-refractivity contribution is -0.274. The molecule has 0 atom stereocenters. The predicted octanol–water partition coefficient (Wildman–Crippen LogP) is 4.58. The van der Waals surface area contributed by atoms with Gasteiger partial charge in [0.2, 0.25) is 5.88 Å². The summed E-state index contributed by atoms with van der Waals surface area (Å²) in [7, 11) is 0. The second kappa shape index (κ2) is 10.4. The van der Waals surface area contributed by atoms with E-state index in [9.17, 15) is 27.9 Å². The number of alkyl halides is 3. The number of pyridine rings is 1. The lowest BCUT2D eigenvalue weighted by Gasteiger charge is -2.09. The van der Waals surface area contributed by atoms with Gasteiger partial charge in [-0.25, -0.2) is 9.36 Å². The molecule has 0 spiro atoms. The highest BCUT2D eigenvalue weighted by molar-refractivity contribution is 6.30. The minimum atomic E-state index is -4.85. The van der Waals surface area contributed by atoms with E-state index in [0.29, 0.717) is 10.6 Å². The van der Waals surface area contributed by atoms with E-state index in [4.69, 9.17) is 11.6 Å². The van der Waals surface area contributed by atoms with Crippen LogP contribution in [0.5, 0.6) is 11.6 Å². The van der Waals surface area contributed by atoms with E-state index in [1.807, 2.05) is 0 Å². The zero-order valence-electron chi connectivity index (χ0n) is 19.3. The third-order valence-corrected chi connectivity index (χ3v) is 5.71. The molecule has 2 N–H and O–H groups in total. The Hall–Kier alpha value is -4.25. The van der Waals surface area contributed by atoms with Crippen molar-refractivity contribution >= 4 is 17.5 Å². The fraction of sp³-hybridized carbons (Fsp3) is 0.160. The van der Waals surface area contributed by atoms with E-state index >= 15 is 0 Å². The van der Waals surface area contributed by atoms with Gasteiger partial charge in [0.15, 0.2) is 0 Å². The molecule has 0 aliphatic rings. The number of aromatic nitrogens is 3. The number of halogens is 4. The SMILES string of the molecule is Cc1c(O)n(-c2ccc(OC(F)(F)F)cc2)c(=O)n1Cc1ccnc(C(=O)NCc2ccc(Cl)cc2)c1. The van der Waals surface area contributed by atoms with Crippen LogP contribution in [0.25, 0.3) is 5.69 Å². The molecule has 0 saturated carbocycles. The molecule has 37 heavy (non-hydrogen) atoms. The Morgan fingerprint density at radius 1 is 1.08 bits per heavy atom. The number of hydrogen-bond acceptors (Lipinski definition) is 5. The van der Waals surface area contributed by atoms with Crippen LogP contribution in [0.1, 0.15) is 27.3 Å². The summed E-state index contributed by atoms with van der Waals surface area (Å²) in [6.45, 7) is 1.81. The number of carbonyl (C=O) groups excluding carboxylic acids is 1. The maximum absolute atomic E-state index is 13.1. The first kappa shape index (κ1) is 25.8. The third kappa shape index (κ3) is 6.12. The topological polar surface area (TPSA) is 98.4 Å². The Balaban J connectivity index is 1.52. The van der Waals surface area contributed by atoms with Crippen molar-refractivity contribution in [3.05, 3.63) is 105 Å². The van der Waals surface area contributed by atoms with Crippen LogP contribution < -0.4 is 15.7 Å². The molecule has 4 aromatic rings. The first-order valence-electron chi connectivity index (χ1n) is 10.9. The van der Waals surface area contributed by atoms with E-state index in [1.165, 1.54) is 35.9 Å². The Labute approximate surface area is 213 Å². The molecule has 2 aromatic carbocycles. The number of aromatic hydroxyl groups is 1. The van der Waals surface area contributed by atoms with Crippen LogP contribution in [0.3, 0.4) is 0 Å². The molecule has 0 unspecified atom stereocenters. The minimum Gasteiger partial charge on any atom is -0.493 e. The number of imidazole rings is 1. The molecule has 192 valence electrons. The quantitative estimate of drug-likeness (QED) is 0.363. The van der Waals surface area contributed by atoms with E-state index < -0.39 is 23.7 Å². The summed E-state index contributed by atoms with van der Waals surface area (Å²) < 4.78 is 43.3. The molecule has 0 fully saturated rings. The van der Waals surface area contributed by atoms with Crippen LogP contribution in [0, 0.1) is 6.92 Å². The second-order valence-corrected chi connectivity index (χ2v) is 8.45. The van der Waals surface area contributed by atoms with Crippen LogP contribution in [0.4, 0.5) is 13.2 Å². The average Bonchev–Trinajstić information content (AvgIpc) is 3.06. The molecule has 0 radical (unpaired) electrons. The van der Waals surface area contributed by atoms with Gasteiger partial charge in [0.1, 0.15) is 11.4 Å². The van der Waals surface area contributed by atoms with Gasteiger partial charge in [0.05, 0.1) is 17.9 Å². The smallest absolute Gasteiger partial charge is 0.493 e. The largest absolute Gasteiger partial charge is 0.573 e. The van der Waals surface area contributed by atoms with Crippen LogP contribution in [0.2, 0.25) is 5.02 Å². The molecule has 1 amide bonds. The maximum atomic E-state index is 13.1.